The van der Waals surface area contributed by atoms with Gasteiger partial charge in [0.1, 0.15) is 67.1 Å². The lowest BCUT2D eigenvalue weighted by atomic mass is 9.95. The summed E-state index contributed by atoms with van der Waals surface area (Å²) in [5, 5.41) is 115. The van der Waals surface area contributed by atoms with Gasteiger partial charge >= 0.3 is 11.9 Å². The average Bonchev–Trinajstić information content (AvgIpc) is 3.25. The molecule has 11 N–H and O–H groups in total. The molecule has 3 rings (SSSR count). The van der Waals surface area contributed by atoms with Gasteiger partial charge in [0, 0.05) is 6.42 Å². The van der Waals surface area contributed by atoms with Crippen molar-refractivity contribution in [3.8, 4) is 0 Å². The van der Waals surface area contributed by atoms with Gasteiger partial charge in [-0.2, -0.15) is 0 Å². The molecule has 0 bridgehead atoms. The molecule has 3 saturated heterocycles. The summed E-state index contributed by atoms with van der Waals surface area (Å²) in [6.07, 6.45) is -1.25. The predicted octanol–water partition coefficient (Wildman–Crippen LogP) is 1.54. The van der Waals surface area contributed by atoms with E-state index in [0.717, 1.165) is 31.6 Å². The third-order valence-electron chi connectivity index (χ3n) is 12.3. The quantitative estimate of drug-likeness (QED) is 0.0267. The SMILES string of the molecule is CC(C)CCCCCCCCCCCCCCCCCCCCCCC(=O)OC1(O[C@H]2[C@H](O)[C@@H](O)C(O[C@H]3[C@H](O)[C@@H](O)[C@@H](O)O[C@@H]3CO)O[C@@H]2CO)O[C@H](CO)[C@@H](O)[C@H](O)[C@H]1O. The van der Waals surface area contributed by atoms with E-state index in [1.165, 1.54) is 96.3 Å². The van der Waals surface area contributed by atoms with E-state index in [9.17, 15) is 61.0 Å². The second-order valence-corrected chi connectivity index (χ2v) is 18.0. The largest absolute Gasteiger partial charge is 0.405 e. The minimum absolute atomic E-state index is 0.174. The first-order chi connectivity index (χ1) is 29.7. The molecule has 18 nitrogen and oxygen atoms in total. The lowest BCUT2D eigenvalue weighted by Crippen LogP contribution is -2.71. The van der Waals surface area contributed by atoms with E-state index in [0.29, 0.717) is 12.8 Å². The molecule has 15 atom stereocenters. The number of unbranched alkanes of at least 4 members (excludes halogenated alkanes) is 19. The van der Waals surface area contributed by atoms with Crippen LogP contribution in [0.1, 0.15) is 155 Å². The van der Waals surface area contributed by atoms with Crippen molar-refractivity contribution in [2.45, 2.75) is 247 Å². The molecule has 62 heavy (non-hydrogen) atoms. The standard InChI is InChI=1S/C44H82O18/c1-28(2)23-21-19-17-15-13-11-9-7-5-3-4-6-8-10-12-14-16-18-20-22-24-32(48)61-44(41(55)36(52)33(49)29(25-45)60-44)62-40-31(27-47)58-43(38(54)35(40)51)59-39-30(26-46)57-42(56)37(53)34(39)50/h28-31,33-43,45-47,49-56H,3-27H2,1-2H3/t29-,30-,31-,33-,34-,35-,36+,37-,38-,39-,40-,41-,42+,43?,44?/m1/s1. The molecule has 18 heteroatoms. The van der Waals surface area contributed by atoms with Gasteiger partial charge in [-0.05, 0) is 12.3 Å². The zero-order valence-corrected chi connectivity index (χ0v) is 37.1. The van der Waals surface area contributed by atoms with E-state index in [1.54, 1.807) is 0 Å². The van der Waals surface area contributed by atoms with Gasteiger partial charge < -0.3 is 84.6 Å². The monoisotopic (exact) mass is 899 g/mol. The van der Waals surface area contributed by atoms with Gasteiger partial charge in [0.25, 0.3) is 0 Å². The van der Waals surface area contributed by atoms with Gasteiger partial charge in [0.15, 0.2) is 18.7 Å². The Hall–Kier alpha value is -1.17. The van der Waals surface area contributed by atoms with Crippen LogP contribution in [0.5, 0.6) is 0 Å². The normalized spacial score (nSPS) is 35.4. The number of ether oxygens (including phenoxy) is 6. The predicted molar refractivity (Wildman–Crippen MR) is 223 cm³/mol. The molecule has 3 aliphatic rings. The fourth-order valence-corrected chi connectivity index (χ4v) is 8.42. The molecule has 0 aliphatic carbocycles. The van der Waals surface area contributed by atoms with Crippen molar-refractivity contribution in [2.75, 3.05) is 19.8 Å². The minimum atomic E-state index is -2.99. The van der Waals surface area contributed by atoms with Crippen LogP contribution in [0, 0.1) is 5.92 Å². The van der Waals surface area contributed by atoms with E-state index in [-0.39, 0.29) is 6.42 Å². The zero-order valence-electron chi connectivity index (χ0n) is 37.1. The van der Waals surface area contributed by atoms with Crippen molar-refractivity contribution in [3.05, 3.63) is 0 Å². The van der Waals surface area contributed by atoms with Gasteiger partial charge in [-0.25, -0.2) is 0 Å². The molecule has 0 aromatic heterocycles. The summed E-state index contributed by atoms with van der Waals surface area (Å²) >= 11 is 0. The molecule has 0 radical (unpaired) electrons. The maximum absolute atomic E-state index is 13.2. The molecular formula is C44H82O18. The number of hydrogen-bond donors (Lipinski definition) is 11. The Morgan fingerprint density at radius 1 is 0.516 bits per heavy atom. The minimum Gasteiger partial charge on any atom is -0.405 e. The first-order valence-corrected chi connectivity index (χ1v) is 23.5. The van der Waals surface area contributed by atoms with Crippen molar-refractivity contribution < 1.29 is 89.4 Å². The van der Waals surface area contributed by atoms with Crippen LogP contribution < -0.4 is 0 Å². The topological polar surface area (TPSA) is 295 Å². The fraction of sp³-hybridized carbons (Fsp3) is 0.977. The second kappa shape index (κ2) is 29.5. The van der Waals surface area contributed by atoms with Crippen molar-refractivity contribution in [2.24, 2.45) is 5.92 Å². The summed E-state index contributed by atoms with van der Waals surface area (Å²) in [5.41, 5.74) is 0. The number of carbonyl (C=O) groups excluding carboxylic acids is 1. The second-order valence-electron chi connectivity index (χ2n) is 18.0. The third-order valence-corrected chi connectivity index (χ3v) is 12.3. The highest BCUT2D eigenvalue weighted by atomic mass is 16.9. The molecular weight excluding hydrogens is 816 g/mol. The van der Waals surface area contributed by atoms with Crippen molar-refractivity contribution in [1.29, 1.82) is 0 Å². The molecule has 0 aromatic rings. The molecule has 366 valence electrons. The number of aliphatic hydroxyl groups is 11. The summed E-state index contributed by atoms with van der Waals surface area (Å²) in [6.45, 7) is 1.89. The first kappa shape index (κ1) is 55.2. The number of rotatable bonds is 31. The fourth-order valence-electron chi connectivity index (χ4n) is 8.42. The van der Waals surface area contributed by atoms with Gasteiger partial charge in [0.2, 0.25) is 0 Å². The molecule has 3 aliphatic heterocycles. The van der Waals surface area contributed by atoms with E-state index in [2.05, 4.69) is 13.8 Å². The highest BCUT2D eigenvalue weighted by Gasteiger charge is 2.61. The molecule has 0 amide bonds. The van der Waals surface area contributed by atoms with Crippen molar-refractivity contribution in [3.63, 3.8) is 0 Å². The van der Waals surface area contributed by atoms with Crippen molar-refractivity contribution >= 4 is 5.97 Å². The summed E-state index contributed by atoms with van der Waals surface area (Å²) in [7, 11) is 0. The highest BCUT2D eigenvalue weighted by molar-refractivity contribution is 5.69. The van der Waals surface area contributed by atoms with Crippen LogP contribution >= 0.6 is 0 Å². The number of aliphatic hydroxyl groups excluding tert-OH is 11. The summed E-state index contributed by atoms with van der Waals surface area (Å²) in [5.74, 6) is -3.12. The van der Waals surface area contributed by atoms with Crippen LogP contribution in [0.4, 0.5) is 0 Å². The van der Waals surface area contributed by atoms with Crippen LogP contribution in [0.2, 0.25) is 0 Å². The first-order valence-electron chi connectivity index (χ1n) is 23.5. The summed E-state index contributed by atoms with van der Waals surface area (Å²) in [6, 6.07) is 0. The van der Waals surface area contributed by atoms with Crippen LogP contribution in [-0.4, -0.2) is 174 Å². The Bertz CT molecular complexity index is 1180. The maximum atomic E-state index is 13.2. The van der Waals surface area contributed by atoms with Crippen LogP contribution in [0.15, 0.2) is 0 Å². The number of esters is 1. The summed E-state index contributed by atoms with van der Waals surface area (Å²) < 4.78 is 33.0. The highest BCUT2D eigenvalue weighted by Crippen LogP contribution is 2.38. The van der Waals surface area contributed by atoms with E-state index >= 15 is 0 Å². The van der Waals surface area contributed by atoms with Crippen LogP contribution in [0.25, 0.3) is 0 Å². The Balaban J connectivity index is 1.39. The Morgan fingerprint density at radius 3 is 1.42 bits per heavy atom. The number of carbonyl (C=O) groups is 1. The van der Waals surface area contributed by atoms with Crippen LogP contribution in [0.3, 0.4) is 0 Å². The summed E-state index contributed by atoms with van der Waals surface area (Å²) in [4.78, 5) is 13.2. The Morgan fingerprint density at radius 2 is 0.952 bits per heavy atom. The zero-order chi connectivity index (χ0) is 45.7. The molecule has 0 aromatic carbocycles. The average molecular weight is 899 g/mol. The van der Waals surface area contributed by atoms with Crippen LogP contribution in [-0.2, 0) is 33.2 Å². The van der Waals surface area contributed by atoms with Gasteiger partial charge in [-0.3, -0.25) is 4.79 Å². The molecule has 3 heterocycles. The number of hydrogen-bond acceptors (Lipinski definition) is 18. The van der Waals surface area contributed by atoms with Gasteiger partial charge in [0.05, 0.1) is 19.8 Å². The Kier molecular flexibility index (Phi) is 26.2. The maximum Gasteiger partial charge on any atom is 0.360 e. The lowest BCUT2D eigenvalue weighted by molar-refractivity contribution is -0.473. The van der Waals surface area contributed by atoms with E-state index in [4.69, 9.17) is 28.4 Å². The van der Waals surface area contributed by atoms with Gasteiger partial charge in [-0.15, -0.1) is 0 Å². The molecule has 3 fully saturated rings. The van der Waals surface area contributed by atoms with Gasteiger partial charge in [-0.1, -0.05) is 142 Å². The molecule has 2 unspecified atom stereocenters. The Labute approximate surface area is 367 Å². The molecule has 0 saturated carbocycles. The lowest BCUT2D eigenvalue weighted by Gasteiger charge is -2.51. The van der Waals surface area contributed by atoms with E-state index < -0.39 is 118 Å². The molecule has 0 spiro atoms. The third kappa shape index (κ3) is 17.2. The van der Waals surface area contributed by atoms with E-state index in [1.807, 2.05) is 0 Å². The smallest absolute Gasteiger partial charge is 0.360 e. The van der Waals surface area contributed by atoms with Crippen molar-refractivity contribution in [1.82, 2.24) is 0 Å².